The van der Waals surface area contributed by atoms with Crippen molar-refractivity contribution in [2.24, 2.45) is 0 Å². The Kier molecular flexibility index (Phi) is 6.28. The average molecular weight is 381 g/mol. The Labute approximate surface area is 168 Å². The minimum absolute atomic E-state index is 0.00285. The van der Waals surface area contributed by atoms with Gasteiger partial charge in [0.25, 0.3) is 5.91 Å². The van der Waals surface area contributed by atoms with Crippen LogP contribution in [-0.2, 0) is 6.42 Å². The fourth-order valence-electron chi connectivity index (χ4n) is 4.09. The highest BCUT2D eigenvalue weighted by Crippen LogP contribution is 2.32. The third-order valence-electron chi connectivity index (χ3n) is 5.65. The normalized spacial score (nSPS) is 15.6. The molecule has 1 atom stereocenters. The van der Waals surface area contributed by atoms with Gasteiger partial charge in [-0.15, -0.1) is 0 Å². The maximum Gasteiger partial charge on any atom is 0.251 e. The number of ether oxygens (including phenoxy) is 1. The summed E-state index contributed by atoms with van der Waals surface area (Å²) in [4.78, 5) is 15.2. The molecule has 150 valence electrons. The zero-order chi connectivity index (χ0) is 20.3. The smallest absolute Gasteiger partial charge is 0.251 e. The fraction of sp³-hybridized carbons (Fsp3) is 0.458. The second-order valence-electron chi connectivity index (χ2n) is 8.05. The molecule has 1 unspecified atom stereocenters. The largest absolute Gasteiger partial charge is 0.496 e. The van der Waals surface area contributed by atoms with Gasteiger partial charge in [-0.2, -0.15) is 0 Å². The number of benzene rings is 2. The first-order chi connectivity index (χ1) is 13.4. The van der Waals surface area contributed by atoms with Gasteiger partial charge in [0, 0.05) is 30.4 Å². The minimum Gasteiger partial charge on any atom is -0.496 e. The molecule has 1 amide bonds. The van der Waals surface area contributed by atoms with Crippen molar-refractivity contribution < 1.29 is 9.53 Å². The number of carbonyl (C=O) groups is 1. The van der Waals surface area contributed by atoms with Crippen LogP contribution in [0.1, 0.15) is 60.2 Å². The van der Waals surface area contributed by atoms with Gasteiger partial charge in [-0.25, -0.2) is 0 Å². The third-order valence-corrected chi connectivity index (χ3v) is 5.65. The van der Waals surface area contributed by atoms with E-state index in [-0.39, 0.29) is 5.91 Å². The Morgan fingerprint density at radius 3 is 2.75 bits per heavy atom. The number of carbonyl (C=O) groups excluding carboxylic acids is 1. The topological polar surface area (TPSA) is 41.6 Å². The summed E-state index contributed by atoms with van der Waals surface area (Å²) in [5, 5.41) is 3.10. The lowest BCUT2D eigenvalue weighted by Gasteiger charge is -2.25. The summed E-state index contributed by atoms with van der Waals surface area (Å²) in [6.07, 6.45) is 2.03. The van der Waals surface area contributed by atoms with Gasteiger partial charge < -0.3 is 15.0 Å². The SMILES string of the molecule is COc1cc(C)c(C(=O)NCCCN2c3ccccc3CC2C)cc1C(C)C. The quantitative estimate of drug-likeness (QED) is 0.708. The number of methoxy groups -OCH3 is 1. The molecule has 0 saturated heterocycles. The number of amides is 1. The number of hydrogen-bond donors (Lipinski definition) is 1. The van der Waals surface area contributed by atoms with E-state index in [0.717, 1.165) is 41.8 Å². The van der Waals surface area contributed by atoms with Crippen LogP contribution in [0.4, 0.5) is 5.69 Å². The van der Waals surface area contributed by atoms with Crippen LogP contribution in [-0.4, -0.2) is 32.1 Å². The number of rotatable bonds is 7. The number of anilines is 1. The maximum atomic E-state index is 12.7. The first-order valence-electron chi connectivity index (χ1n) is 10.2. The number of para-hydroxylation sites is 1. The van der Waals surface area contributed by atoms with E-state index in [1.54, 1.807) is 7.11 Å². The summed E-state index contributed by atoms with van der Waals surface area (Å²) in [5.41, 5.74) is 5.52. The molecule has 0 aliphatic carbocycles. The zero-order valence-corrected chi connectivity index (χ0v) is 17.7. The van der Waals surface area contributed by atoms with Crippen molar-refractivity contribution in [1.29, 1.82) is 0 Å². The molecule has 4 nitrogen and oxygen atoms in total. The van der Waals surface area contributed by atoms with Crippen molar-refractivity contribution in [1.82, 2.24) is 5.32 Å². The summed E-state index contributed by atoms with van der Waals surface area (Å²) in [6, 6.07) is 13.1. The first kappa shape index (κ1) is 20.2. The molecule has 1 N–H and O–H groups in total. The fourth-order valence-corrected chi connectivity index (χ4v) is 4.09. The molecule has 0 aromatic heterocycles. The van der Waals surface area contributed by atoms with E-state index in [2.05, 4.69) is 55.3 Å². The van der Waals surface area contributed by atoms with Crippen LogP contribution in [0.5, 0.6) is 5.75 Å². The molecule has 1 aliphatic heterocycles. The van der Waals surface area contributed by atoms with Gasteiger partial charge in [-0.05, 0) is 67.5 Å². The van der Waals surface area contributed by atoms with Crippen LogP contribution in [0, 0.1) is 6.92 Å². The summed E-state index contributed by atoms with van der Waals surface area (Å²) in [6.45, 7) is 10.1. The van der Waals surface area contributed by atoms with Crippen LogP contribution in [0.15, 0.2) is 36.4 Å². The lowest BCUT2D eigenvalue weighted by atomic mass is 9.96. The van der Waals surface area contributed by atoms with E-state index in [1.807, 2.05) is 19.1 Å². The van der Waals surface area contributed by atoms with E-state index >= 15 is 0 Å². The molecule has 2 aromatic rings. The van der Waals surface area contributed by atoms with E-state index in [9.17, 15) is 4.79 Å². The van der Waals surface area contributed by atoms with Crippen molar-refractivity contribution in [2.45, 2.75) is 52.5 Å². The molecule has 0 saturated carbocycles. The highest BCUT2D eigenvalue weighted by Gasteiger charge is 2.24. The molecule has 1 heterocycles. The third kappa shape index (κ3) is 4.16. The minimum atomic E-state index is -0.00285. The van der Waals surface area contributed by atoms with E-state index < -0.39 is 0 Å². The van der Waals surface area contributed by atoms with Gasteiger partial charge in [-0.1, -0.05) is 32.0 Å². The molecule has 3 rings (SSSR count). The molecule has 2 aromatic carbocycles. The van der Waals surface area contributed by atoms with Crippen LogP contribution in [0.2, 0.25) is 0 Å². The summed E-state index contributed by atoms with van der Waals surface area (Å²) >= 11 is 0. The Bertz CT molecular complexity index is 844. The van der Waals surface area contributed by atoms with E-state index in [1.165, 1.54) is 11.3 Å². The van der Waals surface area contributed by atoms with Crippen molar-refractivity contribution >= 4 is 11.6 Å². The zero-order valence-electron chi connectivity index (χ0n) is 17.7. The van der Waals surface area contributed by atoms with Gasteiger partial charge in [0.2, 0.25) is 0 Å². The highest BCUT2D eigenvalue weighted by atomic mass is 16.5. The number of aryl methyl sites for hydroxylation is 1. The predicted molar refractivity (Wildman–Crippen MR) is 116 cm³/mol. The van der Waals surface area contributed by atoms with Crippen LogP contribution in [0.3, 0.4) is 0 Å². The van der Waals surface area contributed by atoms with Crippen LogP contribution in [0.25, 0.3) is 0 Å². The van der Waals surface area contributed by atoms with Gasteiger partial charge in [0.1, 0.15) is 5.75 Å². The van der Waals surface area contributed by atoms with Crippen molar-refractivity contribution in [3.63, 3.8) is 0 Å². The summed E-state index contributed by atoms with van der Waals surface area (Å²) in [5.74, 6) is 1.15. The maximum absolute atomic E-state index is 12.7. The molecule has 0 fully saturated rings. The molecule has 0 spiro atoms. The monoisotopic (exact) mass is 380 g/mol. The predicted octanol–water partition coefficient (Wildman–Crippen LogP) is 4.70. The van der Waals surface area contributed by atoms with Crippen molar-refractivity contribution in [3.8, 4) is 5.75 Å². The number of hydrogen-bond acceptors (Lipinski definition) is 3. The lowest BCUT2D eigenvalue weighted by molar-refractivity contribution is 0.0952. The standard InChI is InChI=1S/C24H32N2O2/c1-16(2)20-15-21(17(3)13-23(20)28-5)24(27)25-11-8-12-26-18(4)14-19-9-6-7-10-22(19)26/h6-7,9-10,13,15-16,18H,8,11-12,14H2,1-5H3,(H,25,27). The Balaban J connectivity index is 1.59. The molecule has 28 heavy (non-hydrogen) atoms. The second kappa shape index (κ2) is 8.68. The van der Waals surface area contributed by atoms with E-state index in [4.69, 9.17) is 4.74 Å². The molecular formula is C24H32N2O2. The summed E-state index contributed by atoms with van der Waals surface area (Å²) < 4.78 is 5.48. The second-order valence-corrected chi connectivity index (χ2v) is 8.05. The summed E-state index contributed by atoms with van der Waals surface area (Å²) in [7, 11) is 1.68. The Morgan fingerprint density at radius 2 is 2.04 bits per heavy atom. The highest BCUT2D eigenvalue weighted by molar-refractivity contribution is 5.96. The molecule has 1 aliphatic rings. The van der Waals surface area contributed by atoms with Crippen LogP contribution < -0.4 is 15.0 Å². The molecule has 0 bridgehead atoms. The van der Waals surface area contributed by atoms with Crippen molar-refractivity contribution in [2.75, 3.05) is 25.1 Å². The Hall–Kier alpha value is -2.49. The van der Waals surface area contributed by atoms with Gasteiger partial charge in [-0.3, -0.25) is 4.79 Å². The molecule has 0 radical (unpaired) electrons. The molecular weight excluding hydrogens is 348 g/mol. The number of fused-ring (bicyclic) bond motifs is 1. The van der Waals surface area contributed by atoms with E-state index in [0.29, 0.717) is 18.5 Å². The van der Waals surface area contributed by atoms with Crippen molar-refractivity contribution in [3.05, 3.63) is 58.7 Å². The van der Waals surface area contributed by atoms with Gasteiger partial charge in [0.05, 0.1) is 7.11 Å². The number of nitrogens with one attached hydrogen (secondary N) is 1. The lowest BCUT2D eigenvalue weighted by Crippen LogP contribution is -2.33. The number of nitrogens with zero attached hydrogens (tertiary/aromatic N) is 1. The van der Waals surface area contributed by atoms with Gasteiger partial charge >= 0.3 is 0 Å². The van der Waals surface area contributed by atoms with Gasteiger partial charge in [0.15, 0.2) is 0 Å². The Morgan fingerprint density at radius 1 is 1.29 bits per heavy atom. The van der Waals surface area contributed by atoms with Crippen LogP contribution >= 0.6 is 0 Å². The molecule has 4 heteroatoms. The first-order valence-corrected chi connectivity index (χ1v) is 10.2. The average Bonchev–Trinajstić information content (AvgIpc) is 2.99.